The lowest BCUT2D eigenvalue weighted by Crippen LogP contribution is -2.33. The molecular formula is C10H17N3O2. The van der Waals surface area contributed by atoms with Crippen LogP contribution in [0.15, 0.2) is 6.33 Å². The number of aromatic nitrogens is 2. The molecule has 0 saturated carbocycles. The molecule has 1 aromatic heterocycles. The minimum absolute atomic E-state index is 0.219. The lowest BCUT2D eigenvalue weighted by molar-refractivity contribution is 0.0571. The maximum Gasteiger partial charge on any atom is 0.0925 e. The SMILES string of the molecule is COCCOCC1NCCc2[nH]cnc21. The molecule has 84 valence electrons. The summed E-state index contributed by atoms with van der Waals surface area (Å²) in [6.45, 7) is 2.91. The number of rotatable bonds is 5. The van der Waals surface area contributed by atoms with Gasteiger partial charge in [-0.05, 0) is 0 Å². The van der Waals surface area contributed by atoms with Gasteiger partial charge >= 0.3 is 0 Å². The summed E-state index contributed by atoms with van der Waals surface area (Å²) in [6, 6.07) is 0.219. The molecule has 0 spiro atoms. The summed E-state index contributed by atoms with van der Waals surface area (Å²) in [5.41, 5.74) is 2.33. The van der Waals surface area contributed by atoms with Gasteiger partial charge in [-0.15, -0.1) is 0 Å². The molecule has 1 unspecified atom stereocenters. The van der Waals surface area contributed by atoms with Crippen LogP contribution in [0.3, 0.4) is 0 Å². The molecule has 1 aromatic rings. The maximum atomic E-state index is 5.50. The molecule has 1 atom stereocenters. The van der Waals surface area contributed by atoms with Gasteiger partial charge in [-0.25, -0.2) is 4.98 Å². The minimum Gasteiger partial charge on any atom is -0.382 e. The molecule has 0 bridgehead atoms. The van der Waals surface area contributed by atoms with Crippen molar-refractivity contribution in [2.75, 3.05) is 33.5 Å². The van der Waals surface area contributed by atoms with Gasteiger partial charge in [-0.3, -0.25) is 0 Å². The monoisotopic (exact) mass is 211 g/mol. The number of imidazole rings is 1. The first-order valence-electron chi connectivity index (χ1n) is 5.24. The molecule has 0 radical (unpaired) electrons. The van der Waals surface area contributed by atoms with Crippen LogP contribution in [-0.2, 0) is 15.9 Å². The normalized spacial score (nSPS) is 20.2. The largest absolute Gasteiger partial charge is 0.382 e. The summed E-state index contributed by atoms with van der Waals surface area (Å²) in [6.07, 6.45) is 2.77. The molecule has 2 heterocycles. The predicted molar refractivity (Wildman–Crippen MR) is 55.7 cm³/mol. The summed E-state index contributed by atoms with van der Waals surface area (Å²) < 4.78 is 10.4. The number of aromatic amines is 1. The zero-order valence-electron chi connectivity index (χ0n) is 8.95. The molecule has 0 fully saturated rings. The van der Waals surface area contributed by atoms with E-state index in [0.29, 0.717) is 19.8 Å². The molecule has 1 aliphatic rings. The van der Waals surface area contributed by atoms with Crippen molar-refractivity contribution in [2.24, 2.45) is 0 Å². The molecule has 5 nitrogen and oxygen atoms in total. The van der Waals surface area contributed by atoms with E-state index in [9.17, 15) is 0 Å². The second kappa shape index (κ2) is 5.25. The Morgan fingerprint density at radius 2 is 2.47 bits per heavy atom. The fourth-order valence-electron chi connectivity index (χ4n) is 1.78. The van der Waals surface area contributed by atoms with Gasteiger partial charge in [0.15, 0.2) is 0 Å². The van der Waals surface area contributed by atoms with Crippen LogP contribution in [0.25, 0.3) is 0 Å². The highest BCUT2D eigenvalue weighted by atomic mass is 16.5. The Bertz CT molecular complexity index is 301. The van der Waals surface area contributed by atoms with Crippen LogP contribution in [-0.4, -0.2) is 43.4 Å². The topological polar surface area (TPSA) is 59.2 Å². The molecule has 0 saturated heterocycles. The zero-order chi connectivity index (χ0) is 10.5. The fourth-order valence-corrected chi connectivity index (χ4v) is 1.78. The smallest absolute Gasteiger partial charge is 0.0925 e. The lowest BCUT2D eigenvalue weighted by atomic mass is 10.1. The molecule has 0 amide bonds. The molecule has 5 heteroatoms. The number of ether oxygens (including phenoxy) is 2. The summed E-state index contributed by atoms with van der Waals surface area (Å²) >= 11 is 0. The Hall–Kier alpha value is -0.910. The van der Waals surface area contributed by atoms with Crippen molar-refractivity contribution in [3.8, 4) is 0 Å². The molecule has 2 N–H and O–H groups in total. The van der Waals surface area contributed by atoms with Crippen LogP contribution in [0.1, 0.15) is 17.4 Å². The van der Waals surface area contributed by atoms with E-state index in [2.05, 4.69) is 15.3 Å². The minimum atomic E-state index is 0.219. The van der Waals surface area contributed by atoms with Crippen LogP contribution < -0.4 is 5.32 Å². The first kappa shape index (κ1) is 10.6. The highest BCUT2D eigenvalue weighted by molar-refractivity contribution is 5.19. The Labute approximate surface area is 89.2 Å². The third-order valence-corrected chi connectivity index (χ3v) is 2.56. The van der Waals surface area contributed by atoms with Crippen molar-refractivity contribution in [1.82, 2.24) is 15.3 Å². The third kappa shape index (κ3) is 2.56. The van der Waals surface area contributed by atoms with Gasteiger partial charge in [0.2, 0.25) is 0 Å². The van der Waals surface area contributed by atoms with Gasteiger partial charge in [0, 0.05) is 25.8 Å². The number of nitrogens with zero attached hydrogens (tertiary/aromatic N) is 1. The van der Waals surface area contributed by atoms with Crippen LogP contribution in [0.2, 0.25) is 0 Å². The molecule has 1 aliphatic heterocycles. The van der Waals surface area contributed by atoms with E-state index in [1.807, 2.05) is 0 Å². The first-order chi connectivity index (χ1) is 7.42. The van der Waals surface area contributed by atoms with Crippen molar-refractivity contribution in [2.45, 2.75) is 12.5 Å². The van der Waals surface area contributed by atoms with Gasteiger partial charge in [-0.1, -0.05) is 0 Å². The Balaban J connectivity index is 1.84. The summed E-state index contributed by atoms with van der Waals surface area (Å²) in [5, 5.41) is 3.39. The van der Waals surface area contributed by atoms with Gasteiger partial charge in [-0.2, -0.15) is 0 Å². The van der Waals surface area contributed by atoms with Gasteiger partial charge in [0.05, 0.1) is 37.9 Å². The number of H-pyrrole nitrogens is 1. The number of hydrogen-bond acceptors (Lipinski definition) is 4. The predicted octanol–water partition coefficient (Wildman–Crippen LogP) is 0.259. The molecule has 2 rings (SSSR count). The quantitative estimate of drug-likeness (QED) is 0.686. The number of fused-ring (bicyclic) bond motifs is 1. The van der Waals surface area contributed by atoms with Gasteiger partial charge in [0.1, 0.15) is 0 Å². The molecule has 15 heavy (non-hydrogen) atoms. The van der Waals surface area contributed by atoms with E-state index in [4.69, 9.17) is 9.47 Å². The highest BCUT2D eigenvalue weighted by Gasteiger charge is 2.21. The van der Waals surface area contributed by atoms with Gasteiger partial charge in [0.25, 0.3) is 0 Å². The van der Waals surface area contributed by atoms with Crippen molar-refractivity contribution in [3.63, 3.8) is 0 Å². The van der Waals surface area contributed by atoms with E-state index in [0.717, 1.165) is 18.7 Å². The Morgan fingerprint density at radius 3 is 3.33 bits per heavy atom. The van der Waals surface area contributed by atoms with Crippen LogP contribution in [0, 0.1) is 0 Å². The highest BCUT2D eigenvalue weighted by Crippen LogP contribution is 2.18. The van der Waals surface area contributed by atoms with Crippen molar-refractivity contribution >= 4 is 0 Å². The average Bonchev–Trinajstić information content (AvgIpc) is 2.73. The molecule has 0 aliphatic carbocycles. The van der Waals surface area contributed by atoms with E-state index in [1.165, 1.54) is 5.69 Å². The summed E-state index contributed by atoms with van der Waals surface area (Å²) in [5.74, 6) is 0. The van der Waals surface area contributed by atoms with Crippen molar-refractivity contribution < 1.29 is 9.47 Å². The number of nitrogens with one attached hydrogen (secondary N) is 2. The fraction of sp³-hybridized carbons (Fsp3) is 0.700. The molecule has 0 aromatic carbocycles. The van der Waals surface area contributed by atoms with E-state index in [1.54, 1.807) is 13.4 Å². The number of hydrogen-bond donors (Lipinski definition) is 2. The van der Waals surface area contributed by atoms with E-state index in [-0.39, 0.29) is 6.04 Å². The average molecular weight is 211 g/mol. The molecular weight excluding hydrogens is 194 g/mol. The Morgan fingerprint density at radius 1 is 1.53 bits per heavy atom. The van der Waals surface area contributed by atoms with Crippen molar-refractivity contribution in [3.05, 3.63) is 17.7 Å². The maximum absolute atomic E-state index is 5.50. The van der Waals surface area contributed by atoms with E-state index >= 15 is 0 Å². The first-order valence-corrected chi connectivity index (χ1v) is 5.24. The second-order valence-corrected chi connectivity index (χ2v) is 3.59. The lowest BCUT2D eigenvalue weighted by Gasteiger charge is -2.22. The van der Waals surface area contributed by atoms with Crippen LogP contribution in [0.5, 0.6) is 0 Å². The number of methoxy groups -OCH3 is 1. The zero-order valence-corrected chi connectivity index (χ0v) is 8.95. The standard InChI is InChI=1S/C10H17N3O2/c1-14-4-5-15-6-9-10-8(2-3-11-9)12-7-13-10/h7,9,11H,2-6H2,1H3,(H,12,13). The van der Waals surface area contributed by atoms with E-state index < -0.39 is 0 Å². The van der Waals surface area contributed by atoms with Gasteiger partial charge < -0.3 is 19.8 Å². The summed E-state index contributed by atoms with van der Waals surface area (Å²) in [7, 11) is 1.67. The van der Waals surface area contributed by atoms with Crippen molar-refractivity contribution in [1.29, 1.82) is 0 Å². The third-order valence-electron chi connectivity index (χ3n) is 2.56. The summed E-state index contributed by atoms with van der Waals surface area (Å²) in [4.78, 5) is 7.47. The van der Waals surface area contributed by atoms with Crippen LogP contribution in [0.4, 0.5) is 0 Å². The van der Waals surface area contributed by atoms with Crippen LogP contribution >= 0.6 is 0 Å². The second-order valence-electron chi connectivity index (χ2n) is 3.59. The Kier molecular flexibility index (Phi) is 3.71.